The molecule has 0 saturated heterocycles. The maximum absolute atomic E-state index is 12.8. The Kier molecular flexibility index (Phi) is 4.00. The normalized spacial score (nSPS) is 16.7. The van der Waals surface area contributed by atoms with Crippen LogP contribution in [0.2, 0.25) is 5.02 Å². The number of fused-ring (bicyclic) bond motifs is 3. The number of aryl methyl sites for hydroxylation is 2. The first-order chi connectivity index (χ1) is 12.0. The highest BCUT2D eigenvalue weighted by Gasteiger charge is 2.28. The van der Waals surface area contributed by atoms with E-state index < -0.39 is 0 Å². The number of benzene rings is 1. The Morgan fingerprint density at radius 2 is 2.12 bits per heavy atom. The zero-order chi connectivity index (χ0) is 17.6. The number of halogens is 1. The number of anilines is 1. The zero-order valence-corrected chi connectivity index (χ0v) is 15.1. The van der Waals surface area contributed by atoms with Gasteiger partial charge >= 0.3 is 0 Å². The number of hydrogen-bond donors (Lipinski definition) is 1. The van der Waals surface area contributed by atoms with Crippen LogP contribution in [-0.2, 0) is 17.6 Å². The van der Waals surface area contributed by atoms with E-state index in [-0.39, 0.29) is 11.8 Å². The third-order valence-corrected chi connectivity index (χ3v) is 5.42. The molecule has 1 aliphatic carbocycles. The number of rotatable bonds is 2. The smallest absolute Gasteiger partial charge is 0.227 e. The second-order valence-electron chi connectivity index (χ2n) is 6.78. The molecule has 2 heterocycles. The van der Waals surface area contributed by atoms with Gasteiger partial charge in [-0.3, -0.25) is 4.79 Å². The number of imidazole rings is 1. The first-order valence-electron chi connectivity index (χ1n) is 8.55. The van der Waals surface area contributed by atoms with Crippen molar-refractivity contribution in [2.24, 2.45) is 5.92 Å². The molecule has 1 aromatic carbocycles. The molecule has 5 heteroatoms. The van der Waals surface area contributed by atoms with E-state index in [0.717, 1.165) is 41.1 Å². The lowest BCUT2D eigenvalue weighted by atomic mass is 9.89. The van der Waals surface area contributed by atoms with Crippen molar-refractivity contribution in [1.82, 2.24) is 9.38 Å². The molecule has 1 unspecified atom stereocenters. The second kappa shape index (κ2) is 6.19. The van der Waals surface area contributed by atoms with Gasteiger partial charge in [-0.05, 0) is 56.0 Å². The number of carbonyl (C=O) groups excluding carboxylic acids is 1. The van der Waals surface area contributed by atoms with Crippen LogP contribution in [0.25, 0.3) is 5.65 Å². The van der Waals surface area contributed by atoms with Crippen molar-refractivity contribution in [3.8, 4) is 0 Å². The zero-order valence-electron chi connectivity index (χ0n) is 14.3. The molecule has 3 aromatic rings. The summed E-state index contributed by atoms with van der Waals surface area (Å²) in [5, 5.41) is 3.72. The van der Waals surface area contributed by atoms with Gasteiger partial charge in [0, 0.05) is 34.9 Å². The summed E-state index contributed by atoms with van der Waals surface area (Å²) in [7, 11) is 0. The molecule has 2 aromatic heterocycles. The predicted octanol–water partition coefficient (Wildman–Crippen LogP) is 4.35. The van der Waals surface area contributed by atoms with Gasteiger partial charge in [-0.15, -0.1) is 0 Å². The first-order valence-corrected chi connectivity index (χ1v) is 8.93. The lowest BCUT2D eigenvalue weighted by molar-refractivity contribution is -0.120. The van der Waals surface area contributed by atoms with E-state index in [1.807, 2.05) is 31.2 Å². The fourth-order valence-electron chi connectivity index (χ4n) is 3.51. The Bertz CT molecular complexity index is 976. The van der Waals surface area contributed by atoms with E-state index in [4.69, 9.17) is 16.6 Å². The van der Waals surface area contributed by atoms with E-state index in [1.165, 1.54) is 5.56 Å². The van der Waals surface area contributed by atoms with Gasteiger partial charge in [0.15, 0.2) is 0 Å². The van der Waals surface area contributed by atoms with Crippen molar-refractivity contribution in [3.05, 3.63) is 64.1 Å². The quantitative estimate of drug-likeness (QED) is 0.744. The van der Waals surface area contributed by atoms with E-state index in [2.05, 4.69) is 28.9 Å². The molecular formula is C20H20ClN3O. The average molecular weight is 354 g/mol. The Hall–Kier alpha value is -2.33. The van der Waals surface area contributed by atoms with Crippen LogP contribution in [-0.4, -0.2) is 15.3 Å². The molecule has 0 radical (unpaired) electrons. The van der Waals surface area contributed by atoms with E-state index in [9.17, 15) is 4.79 Å². The summed E-state index contributed by atoms with van der Waals surface area (Å²) in [5.41, 5.74) is 6.12. The molecule has 1 amide bonds. The Morgan fingerprint density at radius 1 is 1.28 bits per heavy atom. The van der Waals surface area contributed by atoms with Gasteiger partial charge in [0.05, 0.1) is 5.69 Å². The number of carbonyl (C=O) groups is 1. The highest BCUT2D eigenvalue weighted by atomic mass is 35.5. The largest absolute Gasteiger partial charge is 0.326 e. The van der Waals surface area contributed by atoms with Crippen LogP contribution in [0.4, 0.5) is 5.69 Å². The molecule has 0 bridgehead atoms. The molecule has 128 valence electrons. The van der Waals surface area contributed by atoms with Crippen molar-refractivity contribution < 1.29 is 4.79 Å². The summed E-state index contributed by atoms with van der Waals surface area (Å²) in [5.74, 6) is 0.00455. The number of pyridine rings is 1. The fourth-order valence-corrected chi connectivity index (χ4v) is 3.69. The number of hydrogen-bond acceptors (Lipinski definition) is 2. The summed E-state index contributed by atoms with van der Waals surface area (Å²) >= 11 is 6.15. The van der Waals surface area contributed by atoms with Crippen molar-refractivity contribution in [2.75, 3.05) is 5.32 Å². The highest BCUT2D eigenvalue weighted by molar-refractivity contribution is 6.31. The predicted molar refractivity (Wildman–Crippen MR) is 100 cm³/mol. The molecule has 0 saturated carbocycles. The van der Waals surface area contributed by atoms with Crippen molar-refractivity contribution in [1.29, 1.82) is 0 Å². The van der Waals surface area contributed by atoms with Gasteiger partial charge in [0.1, 0.15) is 5.65 Å². The molecule has 1 N–H and O–H groups in total. The summed E-state index contributed by atoms with van der Waals surface area (Å²) in [6, 6.07) is 9.69. The SMILES string of the molecule is Cc1ccc2nc3c(n2c1)CC(C(=O)Nc1cccc(Cl)c1C)CC3. The summed E-state index contributed by atoms with van der Waals surface area (Å²) < 4.78 is 2.13. The Balaban J connectivity index is 1.59. The molecule has 1 aliphatic rings. The van der Waals surface area contributed by atoms with Crippen LogP contribution in [0, 0.1) is 19.8 Å². The third kappa shape index (κ3) is 2.91. The number of amides is 1. The van der Waals surface area contributed by atoms with Gasteiger partial charge in [-0.2, -0.15) is 0 Å². The molecule has 1 atom stereocenters. The van der Waals surface area contributed by atoms with Gasteiger partial charge in [0.2, 0.25) is 5.91 Å². The molecule has 4 nitrogen and oxygen atoms in total. The summed E-state index contributed by atoms with van der Waals surface area (Å²) in [6.45, 7) is 3.99. The van der Waals surface area contributed by atoms with E-state index in [0.29, 0.717) is 11.4 Å². The first kappa shape index (κ1) is 16.2. The topological polar surface area (TPSA) is 46.4 Å². The van der Waals surface area contributed by atoms with Crippen molar-refractivity contribution in [2.45, 2.75) is 33.1 Å². The summed E-state index contributed by atoms with van der Waals surface area (Å²) in [4.78, 5) is 17.5. The average Bonchev–Trinajstić information content (AvgIpc) is 2.96. The van der Waals surface area contributed by atoms with E-state index >= 15 is 0 Å². The Labute approximate surface area is 151 Å². The standard InChI is InChI=1S/C20H20ClN3O/c1-12-6-9-19-22-17-8-7-14(10-18(17)24(19)11-12)20(25)23-16-5-3-4-15(21)13(16)2/h3-6,9,11,14H,7-8,10H2,1-2H3,(H,23,25). The van der Waals surface area contributed by atoms with Crippen LogP contribution in [0.1, 0.15) is 28.9 Å². The Morgan fingerprint density at radius 3 is 2.96 bits per heavy atom. The van der Waals surface area contributed by atoms with Crippen LogP contribution >= 0.6 is 11.6 Å². The highest BCUT2D eigenvalue weighted by Crippen LogP contribution is 2.29. The minimum Gasteiger partial charge on any atom is -0.326 e. The van der Waals surface area contributed by atoms with Crippen molar-refractivity contribution >= 4 is 28.8 Å². The molecule has 0 fully saturated rings. The van der Waals surface area contributed by atoms with Crippen molar-refractivity contribution in [3.63, 3.8) is 0 Å². The molecule has 0 spiro atoms. The minimum atomic E-state index is -0.0497. The second-order valence-corrected chi connectivity index (χ2v) is 7.19. The molecule has 25 heavy (non-hydrogen) atoms. The summed E-state index contributed by atoms with van der Waals surface area (Å²) in [6.07, 6.45) is 4.47. The fraction of sp³-hybridized carbons (Fsp3) is 0.300. The van der Waals surface area contributed by atoms with Crippen LogP contribution in [0.3, 0.4) is 0 Å². The van der Waals surface area contributed by atoms with Crippen LogP contribution < -0.4 is 5.32 Å². The number of nitrogens with one attached hydrogen (secondary N) is 1. The van der Waals surface area contributed by atoms with Gasteiger partial charge in [-0.25, -0.2) is 4.98 Å². The maximum Gasteiger partial charge on any atom is 0.227 e. The lowest BCUT2D eigenvalue weighted by Crippen LogP contribution is -2.28. The number of nitrogens with zero attached hydrogens (tertiary/aromatic N) is 2. The minimum absolute atomic E-state index is 0.0497. The monoisotopic (exact) mass is 353 g/mol. The molecule has 4 rings (SSSR count). The van der Waals surface area contributed by atoms with Gasteiger partial charge < -0.3 is 9.72 Å². The van der Waals surface area contributed by atoms with Gasteiger partial charge in [-0.1, -0.05) is 23.7 Å². The molecule has 0 aliphatic heterocycles. The third-order valence-electron chi connectivity index (χ3n) is 5.01. The van der Waals surface area contributed by atoms with Crippen LogP contribution in [0.15, 0.2) is 36.5 Å². The maximum atomic E-state index is 12.8. The molecular weight excluding hydrogens is 334 g/mol. The number of aromatic nitrogens is 2. The van der Waals surface area contributed by atoms with Crippen LogP contribution in [0.5, 0.6) is 0 Å². The van der Waals surface area contributed by atoms with Gasteiger partial charge in [0.25, 0.3) is 0 Å². The lowest BCUT2D eigenvalue weighted by Gasteiger charge is -2.22. The van der Waals surface area contributed by atoms with E-state index in [1.54, 1.807) is 0 Å².